The summed E-state index contributed by atoms with van der Waals surface area (Å²) in [6.45, 7) is 1.61. The van der Waals surface area contributed by atoms with Gasteiger partial charge in [0, 0.05) is 18.2 Å². The summed E-state index contributed by atoms with van der Waals surface area (Å²) in [4.78, 5) is 31.5. The fourth-order valence-electron chi connectivity index (χ4n) is 4.59. The van der Waals surface area contributed by atoms with Crippen molar-refractivity contribution >= 4 is 18.1 Å². The summed E-state index contributed by atoms with van der Waals surface area (Å²) in [5.74, 6) is -4.33. The number of nitrogens with one attached hydrogen (secondary N) is 2. The predicted molar refractivity (Wildman–Crippen MR) is 149 cm³/mol. The second-order valence-electron chi connectivity index (χ2n) is 9.90. The Kier molecular flexibility index (Phi) is 10.9. The molecular weight excluding hydrogens is 630 g/mol. The Morgan fingerprint density at radius 1 is 1.20 bits per heavy atom. The molecule has 0 fully saturated rings. The van der Waals surface area contributed by atoms with E-state index in [1.807, 2.05) is 6.92 Å². The number of imidazole rings is 1. The molecule has 0 radical (unpaired) electrons. The van der Waals surface area contributed by atoms with Crippen LogP contribution >= 0.6 is 0 Å². The summed E-state index contributed by atoms with van der Waals surface area (Å²) in [5, 5.41) is 20.7. The van der Waals surface area contributed by atoms with E-state index in [1.165, 1.54) is 35.5 Å². The van der Waals surface area contributed by atoms with Crippen LogP contribution in [0.1, 0.15) is 49.9 Å². The van der Waals surface area contributed by atoms with Crippen molar-refractivity contribution in [2.75, 3.05) is 13.2 Å². The van der Waals surface area contributed by atoms with E-state index >= 15 is 0 Å². The van der Waals surface area contributed by atoms with Gasteiger partial charge in [0.25, 0.3) is 5.91 Å². The molecule has 0 bridgehead atoms. The number of fused-ring (bicyclic) bond motifs is 1. The molecule has 1 atom stereocenters. The summed E-state index contributed by atoms with van der Waals surface area (Å²) in [6, 6.07) is 6.71. The Labute approximate surface area is 281 Å². The number of carboxylic acids is 1. The Hall–Kier alpha value is -4.28. The largest absolute Gasteiger partial charge is 1.00 e. The van der Waals surface area contributed by atoms with E-state index in [-0.39, 0.29) is 90.5 Å². The average Bonchev–Trinajstić information content (AvgIpc) is 3.64. The smallest absolute Gasteiger partial charge is 1.00 e. The zero-order chi connectivity index (χ0) is 32.3. The van der Waals surface area contributed by atoms with Crippen molar-refractivity contribution < 1.29 is 76.9 Å². The molecule has 2 aromatic carbocycles. The SMILES string of the molecule is CCCOc1ccc(-c2cc(C(C(=O)NCCC(=O)O)N3Cc4[nH]c(-c5cccc(F)c5F)nc4C=N3)on2)c(C(F)(F)F)c1.[H-].[Na+]. The molecule has 1 aliphatic heterocycles. The number of hydrogen-bond donors (Lipinski definition) is 3. The molecule has 1 amide bonds. The van der Waals surface area contributed by atoms with Crippen LogP contribution in [0.25, 0.3) is 22.6 Å². The van der Waals surface area contributed by atoms with Crippen molar-refractivity contribution in [2.45, 2.75) is 38.5 Å². The van der Waals surface area contributed by atoms with Gasteiger partial charge >= 0.3 is 41.7 Å². The van der Waals surface area contributed by atoms with Crippen LogP contribution in [0, 0.1) is 11.6 Å². The van der Waals surface area contributed by atoms with Gasteiger partial charge in [-0.25, -0.2) is 13.8 Å². The van der Waals surface area contributed by atoms with E-state index in [2.05, 4.69) is 25.5 Å². The molecule has 1 unspecified atom stereocenters. The Bertz CT molecular complexity index is 1770. The molecule has 4 aromatic rings. The number of aromatic nitrogens is 3. The van der Waals surface area contributed by atoms with E-state index in [0.29, 0.717) is 12.1 Å². The van der Waals surface area contributed by atoms with Crippen molar-refractivity contribution in [1.29, 1.82) is 0 Å². The second kappa shape index (κ2) is 14.4. The molecule has 46 heavy (non-hydrogen) atoms. The fraction of sp³-hybridized carbons (Fsp3) is 0.276. The van der Waals surface area contributed by atoms with Gasteiger partial charge in [0.15, 0.2) is 23.4 Å². The first-order valence-corrected chi connectivity index (χ1v) is 13.6. The summed E-state index contributed by atoms with van der Waals surface area (Å²) < 4.78 is 81.0. The molecule has 3 heterocycles. The van der Waals surface area contributed by atoms with Crippen molar-refractivity contribution in [2.24, 2.45) is 5.10 Å². The molecule has 238 valence electrons. The molecule has 0 saturated heterocycles. The van der Waals surface area contributed by atoms with E-state index < -0.39 is 47.7 Å². The minimum Gasteiger partial charge on any atom is -1.00 e. The number of halogens is 5. The fourth-order valence-corrected chi connectivity index (χ4v) is 4.59. The summed E-state index contributed by atoms with van der Waals surface area (Å²) >= 11 is 0. The van der Waals surface area contributed by atoms with Crippen LogP contribution in [-0.4, -0.2) is 56.5 Å². The number of carbonyl (C=O) groups is 2. The third kappa shape index (κ3) is 7.57. The number of amides is 1. The van der Waals surface area contributed by atoms with Crippen LogP contribution in [0.2, 0.25) is 0 Å². The van der Waals surface area contributed by atoms with Crippen molar-refractivity contribution in [3.05, 3.63) is 76.8 Å². The van der Waals surface area contributed by atoms with Gasteiger partial charge in [-0.15, -0.1) is 0 Å². The molecule has 17 heteroatoms. The normalized spacial score (nSPS) is 13.1. The van der Waals surface area contributed by atoms with Gasteiger partial charge in [0.05, 0.1) is 42.6 Å². The van der Waals surface area contributed by atoms with Crippen molar-refractivity contribution in [3.63, 3.8) is 0 Å². The van der Waals surface area contributed by atoms with E-state index in [0.717, 1.165) is 18.2 Å². The first kappa shape index (κ1) is 34.6. The zero-order valence-corrected chi connectivity index (χ0v) is 26.5. The number of carboxylic acid groups (broad SMARTS) is 1. The maximum absolute atomic E-state index is 14.4. The average molecular weight is 657 g/mol. The number of aliphatic carboxylic acids is 1. The van der Waals surface area contributed by atoms with Crippen LogP contribution in [0.5, 0.6) is 5.75 Å². The molecule has 5 rings (SSSR count). The number of hydrogen-bond acceptors (Lipinski definition) is 8. The molecule has 2 aromatic heterocycles. The molecule has 0 aliphatic carbocycles. The third-order valence-electron chi connectivity index (χ3n) is 6.69. The Morgan fingerprint density at radius 3 is 2.70 bits per heavy atom. The van der Waals surface area contributed by atoms with Crippen LogP contribution in [0.15, 0.2) is 52.1 Å². The maximum atomic E-state index is 14.4. The number of rotatable bonds is 11. The van der Waals surface area contributed by atoms with Gasteiger partial charge in [-0.1, -0.05) is 18.1 Å². The van der Waals surface area contributed by atoms with Gasteiger partial charge < -0.3 is 26.1 Å². The van der Waals surface area contributed by atoms with Crippen LogP contribution in [0.4, 0.5) is 22.0 Å². The molecule has 0 saturated carbocycles. The quantitative estimate of drug-likeness (QED) is 0.165. The van der Waals surface area contributed by atoms with Crippen molar-refractivity contribution in [1.82, 2.24) is 25.5 Å². The van der Waals surface area contributed by atoms with Crippen LogP contribution in [0.3, 0.4) is 0 Å². The van der Waals surface area contributed by atoms with E-state index in [4.69, 9.17) is 14.4 Å². The number of ether oxygens (including phenoxy) is 1. The maximum Gasteiger partial charge on any atom is 1.00 e. The van der Waals surface area contributed by atoms with E-state index in [9.17, 15) is 31.5 Å². The summed E-state index contributed by atoms with van der Waals surface area (Å²) in [7, 11) is 0. The molecule has 3 N–H and O–H groups in total. The number of carbonyl (C=O) groups excluding carboxylic acids is 1. The van der Waals surface area contributed by atoms with Crippen LogP contribution < -0.4 is 39.6 Å². The number of H-pyrrole nitrogens is 1. The Morgan fingerprint density at radius 2 is 1.98 bits per heavy atom. The van der Waals surface area contributed by atoms with Gasteiger partial charge in [0.2, 0.25) is 0 Å². The minimum absolute atomic E-state index is 0. The van der Waals surface area contributed by atoms with Gasteiger partial charge in [-0.2, -0.15) is 18.3 Å². The first-order chi connectivity index (χ1) is 21.5. The minimum atomic E-state index is -4.78. The number of benzene rings is 2. The topological polar surface area (TPSA) is 146 Å². The van der Waals surface area contributed by atoms with Crippen LogP contribution in [-0.2, 0) is 22.3 Å². The number of nitrogens with zero attached hydrogens (tertiary/aromatic N) is 4. The molecular formula is C29H26F5N6NaO5. The number of hydrazone groups is 1. The second-order valence-corrected chi connectivity index (χ2v) is 9.90. The Balaban J connectivity index is 0.00000300. The van der Waals surface area contributed by atoms with Crippen molar-refractivity contribution in [3.8, 4) is 28.4 Å². The van der Waals surface area contributed by atoms with Gasteiger partial charge in [0.1, 0.15) is 23.0 Å². The molecule has 0 spiro atoms. The van der Waals surface area contributed by atoms with Gasteiger partial charge in [-0.05, 0) is 36.8 Å². The van der Waals surface area contributed by atoms with E-state index in [1.54, 1.807) is 0 Å². The summed E-state index contributed by atoms with van der Waals surface area (Å²) in [5.41, 5.74) is -1.10. The number of aromatic amines is 1. The predicted octanol–water partition coefficient (Wildman–Crippen LogP) is 2.42. The number of alkyl halides is 3. The monoisotopic (exact) mass is 656 g/mol. The molecule has 11 nitrogen and oxygen atoms in total. The summed E-state index contributed by atoms with van der Waals surface area (Å²) in [6.07, 6.45) is -3.34. The van der Waals surface area contributed by atoms with Gasteiger partial charge in [-0.3, -0.25) is 14.6 Å². The standard InChI is InChI=1S/C29H25F5N6O5.Na.H/c1-2-10-44-15-6-7-16(18(11-15)29(32,33)34)20-12-23(45-39-20)26(28(43)35-9-8-24(41)42)40-14-22-21(13-36-40)37-27(38-22)17-4-3-5-19(30)25(17)31;;/h3-7,11-13,26H,2,8-10,14H2,1H3,(H,35,43)(H,37,38)(H,41,42);;/q;+1;-1. The third-order valence-corrected chi connectivity index (χ3v) is 6.69. The molecule has 1 aliphatic rings. The first-order valence-electron chi connectivity index (χ1n) is 13.6. The zero-order valence-electron chi connectivity index (χ0n) is 25.5.